The van der Waals surface area contributed by atoms with Gasteiger partial charge in [0.2, 0.25) is 0 Å². The van der Waals surface area contributed by atoms with Crippen molar-refractivity contribution in [3.05, 3.63) is 69.2 Å². The van der Waals surface area contributed by atoms with Crippen LogP contribution in [0, 0.1) is 10.1 Å². The number of carbonyl (C=O) groups excluding carboxylic acids is 1. The quantitative estimate of drug-likeness (QED) is 0.375. The summed E-state index contributed by atoms with van der Waals surface area (Å²) < 4.78 is 5.09. The maximum absolute atomic E-state index is 11.7. The molecule has 20 heavy (non-hydrogen) atoms. The van der Waals surface area contributed by atoms with E-state index in [1.54, 1.807) is 12.1 Å². The highest BCUT2D eigenvalue weighted by Crippen LogP contribution is 2.28. The van der Waals surface area contributed by atoms with Crippen LogP contribution in [-0.2, 0) is 11.2 Å². The Kier molecular flexibility index (Phi) is 4.32. The molecule has 102 valence electrons. The van der Waals surface area contributed by atoms with Gasteiger partial charge >= 0.3 is 5.97 Å². The van der Waals surface area contributed by atoms with E-state index in [1.165, 1.54) is 12.1 Å². The molecule has 2 aromatic carbocycles. The van der Waals surface area contributed by atoms with Crippen LogP contribution >= 0.6 is 11.6 Å². The minimum atomic E-state index is -0.568. The second-order valence-corrected chi connectivity index (χ2v) is 4.42. The molecule has 0 aliphatic rings. The van der Waals surface area contributed by atoms with Crippen molar-refractivity contribution in [3.8, 4) is 5.75 Å². The summed E-state index contributed by atoms with van der Waals surface area (Å²) in [6.07, 6.45) is 0.105. The fourth-order valence-corrected chi connectivity index (χ4v) is 1.82. The summed E-state index contributed by atoms with van der Waals surface area (Å²) in [4.78, 5) is 21.7. The molecule has 0 unspecified atom stereocenters. The zero-order chi connectivity index (χ0) is 14.5. The number of nitro groups is 1. The first-order chi connectivity index (χ1) is 9.56. The second kappa shape index (κ2) is 6.16. The van der Waals surface area contributed by atoms with Gasteiger partial charge in [0.25, 0.3) is 5.69 Å². The Bertz CT molecular complexity index is 643. The van der Waals surface area contributed by atoms with Crippen molar-refractivity contribution in [2.45, 2.75) is 6.42 Å². The third-order valence-corrected chi connectivity index (χ3v) is 2.84. The summed E-state index contributed by atoms with van der Waals surface area (Å²) in [6.45, 7) is 0. The van der Waals surface area contributed by atoms with Gasteiger partial charge in [-0.1, -0.05) is 41.9 Å². The van der Waals surface area contributed by atoms with Crippen molar-refractivity contribution in [1.29, 1.82) is 0 Å². The Hall–Kier alpha value is -2.40. The lowest BCUT2D eigenvalue weighted by molar-refractivity contribution is -0.384. The lowest BCUT2D eigenvalue weighted by Crippen LogP contribution is -2.11. The van der Waals surface area contributed by atoms with E-state index in [4.69, 9.17) is 16.3 Å². The first kappa shape index (κ1) is 14.0. The maximum atomic E-state index is 11.7. The Labute approximate surface area is 119 Å². The van der Waals surface area contributed by atoms with Crippen LogP contribution in [0.25, 0.3) is 0 Å². The van der Waals surface area contributed by atoms with Crippen LogP contribution in [0.2, 0.25) is 5.02 Å². The second-order valence-electron chi connectivity index (χ2n) is 4.01. The normalized spacial score (nSPS) is 10.1. The van der Waals surface area contributed by atoms with Crippen molar-refractivity contribution < 1.29 is 14.5 Å². The monoisotopic (exact) mass is 291 g/mol. The lowest BCUT2D eigenvalue weighted by Gasteiger charge is -2.06. The van der Waals surface area contributed by atoms with Gasteiger partial charge in [0, 0.05) is 12.1 Å². The summed E-state index contributed by atoms with van der Waals surface area (Å²) in [5.74, 6) is -0.370. The van der Waals surface area contributed by atoms with Crippen molar-refractivity contribution in [2.75, 3.05) is 0 Å². The van der Waals surface area contributed by atoms with Crippen LogP contribution in [0.3, 0.4) is 0 Å². The molecular weight excluding hydrogens is 282 g/mol. The highest BCUT2D eigenvalue weighted by atomic mass is 35.5. The fourth-order valence-electron chi connectivity index (χ4n) is 1.61. The van der Waals surface area contributed by atoms with Crippen molar-refractivity contribution >= 4 is 23.3 Å². The summed E-state index contributed by atoms with van der Waals surface area (Å²) in [5, 5.41) is 10.6. The van der Waals surface area contributed by atoms with Crippen molar-refractivity contribution in [2.24, 2.45) is 0 Å². The fraction of sp³-hybridized carbons (Fsp3) is 0.0714. The predicted octanol–water partition coefficient (Wildman–Crippen LogP) is 3.40. The third kappa shape index (κ3) is 3.55. The van der Waals surface area contributed by atoms with Crippen LogP contribution in [0.15, 0.2) is 48.5 Å². The summed E-state index contributed by atoms with van der Waals surface area (Å²) in [5.41, 5.74) is 0.661. The number of carbonyl (C=O) groups is 1. The smallest absolute Gasteiger partial charge is 0.315 e. The molecule has 0 radical (unpaired) electrons. The molecule has 0 fully saturated rings. The lowest BCUT2D eigenvalue weighted by atomic mass is 10.2. The van der Waals surface area contributed by atoms with Crippen molar-refractivity contribution in [3.63, 3.8) is 0 Å². The number of esters is 1. The standard InChI is InChI=1S/C14H10ClNO4/c15-12-9-11(16(18)19)6-7-13(12)20-14(17)8-10-4-2-1-3-5-10/h1-7,9H,8H2. The van der Waals surface area contributed by atoms with E-state index in [0.29, 0.717) is 0 Å². The number of hydrogen-bond donors (Lipinski definition) is 0. The molecule has 0 aliphatic carbocycles. The Morgan fingerprint density at radius 2 is 1.90 bits per heavy atom. The topological polar surface area (TPSA) is 69.4 Å². The molecule has 0 N–H and O–H groups in total. The largest absolute Gasteiger partial charge is 0.425 e. The molecule has 2 aromatic rings. The molecule has 0 saturated carbocycles. The van der Waals surface area contributed by atoms with Crippen molar-refractivity contribution in [1.82, 2.24) is 0 Å². The van der Waals surface area contributed by atoms with E-state index >= 15 is 0 Å². The van der Waals surface area contributed by atoms with Crippen LogP contribution in [0.4, 0.5) is 5.69 Å². The summed E-state index contributed by atoms with van der Waals surface area (Å²) in [7, 11) is 0. The summed E-state index contributed by atoms with van der Waals surface area (Å²) >= 11 is 5.84. The number of nitrogens with zero attached hydrogens (tertiary/aromatic N) is 1. The molecule has 0 aromatic heterocycles. The molecule has 0 amide bonds. The Morgan fingerprint density at radius 1 is 1.20 bits per heavy atom. The number of nitro benzene ring substituents is 1. The van der Waals surface area contributed by atoms with E-state index < -0.39 is 10.9 Å². The average molecular weight is 292 g/mol. The molecular formula is C14H10ClNO4. The van der Waals surface area contributed by atoms with E-state index in [1.807, 2.05) is 18.2 Å². The molecule has 6 heteroatoms. The van der Waals surface area contributed by atoms with Crippen LogP contribution in [0.5, 0.6) is 5.75 Å². The number of hydrogen-bond acceptors (Lipinski definition) is 4. The highest BCUT2D eigenvalue weighted by molar-refractivity contribution is 6.32. The van der Waals surface area contributed by atoms with Gasteiger partial charge in [-0.15, -0.1) is 0 Å². The first-order valence-electron chi connectivity index (χ1n) is 5.75. The molecule has 0 atom stereocenters. The molecule has 0 spiro atoms. The van der Waals surface area contributed by atoms with E-state index in [-0.39, 0.29) is 22.9 Å². The van der Waals surface area contributed by atoms with E-state index in [2.05, 4.69) is 0 Å². The minimum Gasteiger partial charge on any atom is -0.425 e. The molecule has 0 saturated heterocycles. The zero-order valence-electron chi connectivity index (χ0n) is 10.3. The van der Waals surface area contributed by atoms with Gasteiger partial charge in [0.05, 0.1) is 16.4 Å². The van der Waals surface area contributed by atoms with Gasteiger partial charge in [-0.25, -0.2) is 0 Å². The number of halogens is 1. The van der Waals surface area contributed by atoms with Crippen LogP contribution < -0.4 is 4.74 Å². The van der Waals surface area contributed by atoms with Gasteiger partial charge in [-0.2, -0.15) is 0 Å². The average Bonchev–Trinajstić information content (AvgIpc) is 2.42. The van der Waals surface area contributed by atoms with Gasteiger partial charge in [0.1, 0.15) is 5.75 Å². The van der Waals surface area contributed by atoms with Gasteiger partial charge in [-0.3, -0.25) is 14.9 Å². The maximum Gasteiger partial charge on any atom is 0.315 e. The Balaban J connectivity index is 2.06. The summed E-state index contributed by atoms with van der Waals surface area (Å²) in [6, 6.07) is 12.8. The molecule has 0 aliphatic heterocycles. The predicted molar refractivity (Wildman–Crippen MR) is 73.9 cm³/mol. The Morgan fingerprint density at radius 3 is 2.50 bits per heavy atom. The SMILES string of the molecule is O=C(Cc1ccccc1)Oc1ccc([N+](=O)[O-])cc1Cl. The van der Waals surface area contributed by atoms with Gasteiger partial charge in [-0.05, 0) is 11.6 Å². The van der Waals surface area contributed by atoms with Gasteiger partial charge in [0.15, 0.2) is 0 Å². The number of ether oxygens (including phenoxy) is 1. The van der Waals surface area contributed by atoms with E-state index in [9.17, 15) is 14.9 Å². The third-order valence-electron chi connectivity index (χ3n) is 2.54. The van der Waals surface area contributed by atoms with Gasteiger partial charge < -0.3 is 4.74 Å². The number of non-ortho nitro benzene ring substituents is 1. The minimum absolute atomic E-state index is 0.0283. The highest BCUT2D eigenvalue weighted by Gasteiger charge is 2.13. The molecule has 0 bridgehead atoms. The van der Waals surface area contributed by atoms with E-state index in [0.717, 1.165) is 11.6 Å². The van der Waals surface area contributed by atoms with Crippen LogP contribution in [0.1, 0.15) is 5.56 Å². The number of rotatable bonds is 4. The molecule has 5 nitrogen and oxygen atoms in total. The first-order valence-corrected chi connectivity index (χ1v) is 6.12. The molecule has 2 rings (SSSR count). The zero-order valence-corrected chi connectivity index (χ0v) is 11.0. The number of benzene rings is 2. The molecule has 0 heterocycles. The van der Waals surface area contributed by atoms with Crippen LogP contribution in [-0.4, -0.2) is 10.9 Å².